The number of ether oxygens (including phenoxy) is 2. The van der Waals surface area contributed by atoms with E-state index in [0.717, 1.165) is 35.9 Å². The Bertz CT molecular complexity index is 844. The van der Waals surface area contributed by atoms with E-state index in [0.29, 0.717) is 19.0 Å². The Hall–Kier alpha value is -2.81. The lowest BCUT2D eigenvalue weighted by molar-refractivity contribution is -0.132. The molecule has 1 aromatic carbocycles. The molecule has 6 heteroatoms. The van der Waals surface area contributed by atoms with E-state index in [1.54, 1.807) is 11.1 Å². The fourth-order valence-electron chi connectivity index (χ4n) is 3.39. The van der Waals surface area contributed by atoms with Crippen molar-refractivity contribution in [2.75, 3.05) is 19.7 Å². The molecule has 3 rings (SSSR count). The molecule has 1 aliphatic rings. The third-order valence-corrected chi connectivity index (χ3v) is 4.63. The zero-order valence-electron chi connectivity index (χ0n) is 15.9. The summed E-state index contributed by atoms with van der Waals surface area (Å²) >= 11 is 0. The number of likely N-dealkylation sites (tertiary alicyclic amines) is 1. The first kappa shape index (κ1) is 19.0. The van der Waals surface area contributed by atoms with Gasteiger partial charge in [0.25, 0.3) is 0 Å². The van der Waals surface area contributed by atoms with Crippen LogP contribution in [0.2, 0.25) is 0 Å². The van der Waals surface area contributed by atoms with E-state index in [-0.39, 0.29) is 24.3 Å². The van der Waals surface area contributed by atoms with Gasteiger partial charge in [-0.2, -0.15) is 5.26 Å². The van der Waals surface area contributed by atoms with Gasteiger partial charge in [-0.1, -0.05) is 6.07 Å². The first-order valence-corrected chi connectivity index (χ1v) is 9.39. The summed E-state index contributed by atoms with van der Waals surface area (Å²) in [5.74, 6) is 1.53. The second-order valence-electron chi connectivity index (χ2n) is 7.16. The molecule has 27 heavy (non-hydrogen) atoms. The van der Waals surface area contributed by atoms with E-state index in [1.165, 1.54) is 0 Å². The van der Waals surface area contributed by atoms with Crippen LogP contribution in [0.4, 0.5) is 0 Å². The summed E-state index contributed by atoms with van der Waals surface area (Å²) in [5.41, 5.74) is 0. The molecule has 1 atom stereocenters. The molecule has 0 unspecified atom stereocenters. The molecule has 2 aromatic rings. The van der Waals surface area contributed by atoms with Gasteiger partial charge in [-0.15, -0.1) is 0 Å². The van der Waals surface area contributed by atoms with Crippen molar-refractivity contribution < 1.29 is 14.3 Å². The van der Waals surface area contributed by atoms with Gasteiger partial charge in [0.05, 0.1) is 18.8 Å². The quantitative estimate of drug-likeness (QED) is 0.780. The van der Waals surface area contributed by atoms with Gasteiger partial charge in [-0.05, 0) is 50.3 Å². The van der Waals surface area contributed by atoms with Gasteiger partial charge in [0.15, 0.2) is 0 Å². The van der Waals surface area contributed by atoms with Crippen LogP contribution in [0.3, 0.4) is 0 Å². The van der Waals surface area contributed by atoms with Gasteiger partial charge in [-0.25, -0.2) is 4.98 Å². The maximum absolute atomic E-state index is 12.0. The third kappa shape index (κ3) is 4.88. The number of carbonyl (C=O) groups is 1. The molecule has 142 valence electrons. The number of amides is 1. The maximum Gasteiger partial charge on any atom is 0.236 e. The largest absolute Gasteiger partial charge is 0.491 e. The van der Waals surface area contributed by atoms with Crippen LogP contribution >= 0.6 is 0 Å². The smallest absolute Gasteiger partial charge is 0.236 e. The maximum atomic E-state index is 12.0. The van der Waals surface area contributed by atoms with Gasteiger partial charge in [0.2, 0.25) is 11.8 Å². The van der Waals surface area contributed by atoms with E-state index >= 15 is 0 Å². The first-order chi connectivity index (χ1) is 13.1. The molecule has 0 saturated carbocycles. The predicted molar refractivity (Wildman–Crippen MR) is 103 cm³/mol. The van der Waals surface area contributed by atoms with E-state index in [1.807, 2.05) is 44.2 Å². The first-order valence-electron chi connectivity index (χ1n) is 9.39. The number of fused-ring (bicyclic) bond motifs is 1. The zero-order chi connectivity index (χ0) is 19.2. The highest BCUT2D eigenvalue weighted by Gasteiger charge is 2.24. The van der Waals surface area contributed by atoms with E-state index in [2.05, 4.69) is 4.98 Å². The number of carbonyl (C=O) groups excluding carboxylic acids is 1. The van der Waals surface area contributed by atoms with Crippen LogP contribution in [-0.2, 0) is 4.79 Å². The number of hydrogen-bond acceptors (Lipinski definition) is 5. The van der Waals surface area contributed by atoms with E-state index in [9.17, 15) is 4.79 Å². The van der Waals surface area contributed by atoms with E-state index < -0.39 is 0 Å². The highest BCUT2D eigenvalue weighted by atomic mass is 16.5. The van der Waals surface area contributed by atoms with Crippen LogP contribution in [0.5, 0.6) is 11.6 Å². The minimum atomic E-state index is -0.0963. The average Bonchev–Trinajstić information content (AvgIpc) is 2.66. The van der Waals surface area contributed by atoms with Gasteiger partial charge in [0.1, 0.15) is 12.2 Å². The SMILES string of the molecule is CC(C)Oc1ccc2ccnc(OC[C@@H]3CCCN(C(=O)CC#N)C3)c2c1. The summed E-state index contributed by atoms with van der Waals surface area (Å²) in [6.45, 7) is 5.84. The second-order valence-corrected chi connectivity index (χ2v) is 7.16. The molecule has 0 aliphatic carbocycles. The molecular weight excluding hydrogens is 342 g/mol. The normalized spacial score (nSPS) is 17.0. The molecule has 6 nitrogen and oxygen atoms in total. The molecule has 1 saturated heterocycles. The van der Waals surface area contributed by atoms with Crippen LogP contribution in [0.1, 0.15) is 33.1 Å². The van der Waals surface area contributed by atoms with Crippen molar-refractivity contribution in [2.45, 2.75) is 39.2 Å². The van der Waals surface area contributed by atoms with Crippen molar-refractivity contribution in [3.8, 4) is 17.7 Å². The van der Waals surface area contributed by atoms with Gasteiger partial charge >= 0.3 is 0 Å². The Balaban J connectivity index is 1.69. The highest BCUT2D eigenvalue weighted by molar-refractivity contribution is 5.88. The lowest BCUT2D eigenvalue weighted by Crippen LogP contribution is -2.41. The summed E-state index contributed by atoms with van der Waals surface area (Å²) < 4.78 is 11.8. The fourth-order valence-corrected chi connectivity index (χ4v) is 3.39. The number of pyridine rings is 1. The molecule has 0 radical (unpaired) electrons. The Kier molecular flexibility index (Phi) is 6.12. The van der Waals surface area contributed by atoms with Gasteiger partial charge < -0.3 is 14.4 Å². The molecule has 1 amide bonds. The number of nitrogens with zero attached hydrogens (tertiary/aromatic N) is 3. The molecule has 1 aromatic heterocycles. The number of aromatic nitrogens is 1. The summed E-state index contributed by atoms with van der Waals surface area (Å²) in [7, 11) is 0. The molecule has 0 spiro atoms. The van der Waals surface area contributed by atoms with Crippen molar-refractivity contribution in [2.24, 2.45) is 5.92 Å². The number of benzene rings is 1. The summed E-state index contributed by atoms with van der Waals surface area (Å²) in [6.07, 6.45) is 3.72. The topological polar surface area (TPSA) is 75.5 Å². The Labute approximate surface area is 159 Å². The third-order valence-electron chi connectivity index (χ3n) is 4.63. The lowest BCUT2D eigenvalue weighted by Gasteiger charge is -2.32. The molecular formula is C21H25N3O3. The standard InChI is InChI=1S/C21H25N3O3/c1-15(2)27-18-6-5-17-8-10-23-21(19(17)12-18)26-14-16-4-3-11-24(13-16)20(25)7-9-22/h5-6,8,10,12,15-16H,3-4,7,11,13-14H2,1-2H3/t16-/m1/s1. The van der Waals surface area contributed by atoms with Gasteiger partial charge in [0, 0.05) is 30.6 Å². The Morgan fingerprint density at radius 1 is 1.41 bits per heavy atom. The van der Waals surface area contributed by atoms with Crippen molar-refractivity contribution in [1.29, 1.82) is 5.26 Å². The molecule has 0 bridgehead atoms. The Morgan fingerprint density at radius 2 is 2.26 bits per heavy atom. The van der Waals surface area contributed by atoms with Crippen molar-refractivity contribution in [1.82, 2.24) is 9.88 Å². The van der Waals surface area contributed by atoms with Crippen molar-refractivity contribution in [3.05, 3.63) is 30.5 Å². The lowest BCUT2D eigenvalue weighted by atomic mass is 9.98. The minimum absolute atomic E-state index is 0.0584. The second kappa shape index (κ2) is 8.72. The average molecular weight is 367 g/mol. The molecule has 1 aliphatic heterocycles. The number of nitriles is 1. The van der Waals surface area contributed by atoms with Crippen LogP contribution in [0.25, 0.3) is 10.8 Å². The number of piperidine rings is 1. The summed E-state index contributed by atoms with van der Waals surface area (Å²) in [6, 6.07) is 9.79. The van der Waals surface area contributed by atoms with Crippen LogP contribution in [-0.4, -0.2) is 41.6 Å². The van der Waals surface area contributed by atoms with Crippen molar-refractivity contribution >= 4 is 16.7 Å². The van der Waals surface area contributed by atoms with Gasteiger partial charge in [-0.3, -0.25) is 4.79 Å². The summed E-state index contributed by atoms with van der Waals surface area (Å²) in [5, 5.41) is 10.7. The van der Waals surface area contributed by atoms with E-state index in [4.69, 9.17) is 14.7 Å². The van der Waals surface area contributed by atoms with Crippen LogP contribution < -0.4 is 9.47 Å². The zero-order valence-corrected chi connectivity index (χ0v) is 15.9. The predicted octanol–water partition coefficient (Wildman–Crippen LogP) is 3.55. The Morgan fingerprint density at radius 3 is 3.04 bits per heavy atom. The molecule has 2 heterocycles. The van der Waals surface area contributed by atoms with Crippen LogP contribution in [0.15, 0.2) is 30.5 Å². The van der Waals surface area contributed by atoms with Crippen molar-refractivity contribution in [3.63, 3.8) is 0 Å². The molecule has 1 fully saturated rings. The highest BCUT2D eigenvalue weighted by Crippen LogP contribution is 2.28. The summed E-state index contributed by atoms with van der Waals surface area (Å²) in [4.78, 5) is 18.1. The fraction of sp³-hybridized carbons (Fsp3) is 0.476. The number of hydrogen-bond donors (Lipinski definition) is 0. The monoisotopic (exact) mass is 367 g/mol. The van der Waals surface area contributed by atoms with Crippen LogP contribution in [0, 0.1) is 17.2 Å². The minimum Gasteiger partial charge on any atom is -0.491 e. The molecule has 0 N–H and O–H groups in total. The number of rotatable bonds is 6.